The van der Waals surface area contributed by atoms with Gasteiger partial charge in [-0.2, -0.15) is 10.1 Å². The third kappa shape index (κ3) is 3.38. The number of carbonyl (C=O) groups is 1. The van der Waals surface area contributed by atoms with Gasteiger partial charge < -0.3 is 4.57 Å². The van der Waals surface area contributed by atoms with Gasteiger partial charge in [-0.25, -0.2) is 0 Å². The van der Waals surface area contributed by atoms with Crippen molar-refractivity contribution >= 4 is 23.5 Å². The molecule has 0 bridgehead atoms. The quantitative estimate of drug-likeness (QED) is 0.789. The Hall–Kier alpha value is -2.09. The first kappa shape index (κ1) is 16.8. The molecular weight excluding hydrogens is 326 g/mol. The first-order chi connectivity index (χ1) is 11.5. The molecule has 8 heteroatoms. The normalized spacial score (nSPS) is 18.4. The van der Waals surface area contributed by atoms with Gasteiger partial charge in [0, 0.05) is 44.2 Å². The van der Waals surface area contributed by atoms with Crippen LogP contribution in [0.4, 0.5) is 5.82 Å². The van der Waals surface area contributed by atoms with Gasteiger partial charge >= 0.3 is 0 Å². The summed E-state index contributed by atoms with van der Waals surface area (Å²) in [7, 11) is 1.83. The molecule has 0 spiro atoms. The average molecular weight is 347 g/mol. The number of carbonyl (C=O) groups excluding carboxylic acids is 1. The molecule has 0 aromatic carbocycles. The van der Waals surface area contributed by atoms with Crippen molar-refractivity contribution in [2.45, 2.75) is 43.1 Å². The standard InChI is InChI=1S/C16H21N5O2S/c1-11(2)20-10-7-14(22)17-16(20)24-12-5-4-8-21(15(12)23)13-6-9-19(3)18-13/h6-7,9-12H,4-5,8H2,1-3H3/t12-/m0/s1. The van der Waals surface area contributed by atoms with Gasteiger partial charge in [-0.15, -0.1) is 0 Å². The van der Waals surface area contributed by atoms with E-state index < -0.39 is 0 Å². The van der Waals surface area contributed by atoms with E-state index in [4.69, 9.17) is 0 Å². The maximum Gasteiger partial charge on any atom is 0.273 e. The van der Waals surface area contributed by atoms with Crippen molar-refractivity contribution in [3.8, 4) is 0 Å². The molecule has 1 amide bonds. The van der Waals surface area contributed by atoms with Crippen LogP contribution in [0.3, 0.4) is 0 Å². The van der Waals surface area contributed by atoms with Gasteiger partial charge in [0.1, 0.15) is 0 Å². The number of amides is 1. The zero-order valence-electron chi connectivity index (χ0n) is 14.0. The summed E-state index contributed by atoms with van der Waals surface area (Å²) in [4.78, 5) is 30.3. The number of aryl methyl sites for hydroxylation is 1. The highest BCUT2D eigenvalue weighted by Crippen LogP contribution is 2.31. The molecule has 1 atom stereocenters. The van der Waals surface area contributed by atoms with E-state index in [1.807, 2.05) is 37.7 Å². The fourth-order valence-corrected chi connectivity index (χ4v) is 4.03. The molecule has 1 fully saturated rings. The van der Waals surface area contributed by atoms with Crippen LogP contribution in [0.1, 0.15) is 32.7 Å². The monoisotopic (exact) mass is 347 g/mol. The molecule has 0 unspecified atom stereocenters. The Balaban J connectivity index is 1.84. The smallest absolute Gasteiger partial charge is 0.273 e. The molecule has 1 aliphatic heterocycles. The summed E-state index contributed by atoms with van der Waals surface area (Å²) in [5.41, 5.74) is -0.278. The molecule has 24 heavy (non-hydrogen) atoms. The SMILES string of the molecule is CC(C)n1ccc(=O)nc1S[C@H]1CCCN(c2ccn(C)n2)C1=O. The van der Waals surface area contributed by atoms with Gasteiger partial charge in [0.15, 0.2) is 11.0 Å². The molecule has 128 valence electrons. The van der Waals surface area contributed by atoms with Crippen LogP contribution in [0.15, 0.2) is 34.5 Å². The van der Waals surface area contributed by atoms with Crippen molar-refractivity contribution in [3.63, 3.8) is 0 Å². The Bertz CT molecular complexity index is 798. The van der Waals surface area contributed by atoms with Crippen molar-refractivity contribution in [2.24, 2.45) is 7.05 Å². The van der Waals surface area contributed by atoms with Crippen LogP contribution in [-0.4, -0.2) is 37.0 Å². The Morgan fingerprint density at radius 1 is 1.25 bits per heavy atom. The fourth-order valence-electron chi connectivity index (χ4n) is 2.73. The second kappa shape index (κ2) is 6.80. The van der Waals surface area contributed by atoms with Gasteiger partial charge in [0.05, 0.1) is 5.25 Å². The largest absolute Gasteiger partial charge is 0.325 e. The van der Waals surface area contributed by atoms with Crippen molar-refractivity contribution in [1.29, 1.82) is 0 Å². The van der Waals surface area contributed by atoms with Crippen molar-refractivity contribution in [1.82, 2.24) is 19.3 Å². The highest BCUT2D eigenvalue weighted by atomic mass is 32.2. The lowest BCUT2D eigenvalue weighted by Crippen LogP contribution is -2.43. The minimum absolute atomic E-state index is 0.0263. The van der Waals surface area contributed by atoms with E-state index in [1.54, 1.807) is 15.8 Å². The van der Waals surface area contributed by atoms with Gasteiger partial charge in [-0.1, -0.05) is 11.8 Å². The van der Waals surface area contributed by atoms with Crippen LogP contribution in [0, 0.1) is 0 Å². The van der Waals surface area contributed by atoms with Crippen molar-refractivity contribution in [3.05, 3.63) is 34.9 Å². The van der Waals surface area contributed by atoms with E-state index in [0.717, 1.165) is 12.8 Å². The number of hydrogen-bond acceptors (Lipinski definition) is 5. The summed E-state index contributed by atoms with van der Waals surface area (Å²) in [5.74, 6) is 0.702. The second-order valence-corrected chi connectivity index (χ2v) is 7.31. The maximum atomic E-state index is 12.8. The number of piperidine rings is 1. The molecule has 1 saturated heterocycles. The molecule has 2 aromatic rings. The Morgan fingerprint density at radius 3 is 2.71 bits per heavy atom. The summed E-state index contributed by atoms with van der Waals surface area (Å²) in [5, 5.41) is 4.67. The topological polar surface area (TPSA) is 73.0 Å². The maximum absolute atomic E-state index is 12.8. The van der Waals surface area contributed by atoms with Crippen LogP contribution in [0.5, 0.6) is 0 Å². The summed E-state index contributed by atoms with van der Waals surface area (Å²) >= 11 is 1.37. The zero-order valence-corrected chi connectivity index (χ0v) is 14.9. The summed E-state index contributed by atoms with van der Waals surface area (Å²) in [6, 6.07) is 3.47. The molecule has 1 aliphatic rings. The fraction of sp³-hybridized carbons (Fsp3) is 0.500. The van der Waals surface area contributed by atoms with E-state index in [1.165, 1.54) is 17.8 Å². The predicted octanol–water partition coefficient (Wildman–Crippen LogP) is 1.85. The lowest BCUT2D eigenvalue weighted by molar-refractivity contribution is -0.119. The first-order valence-electron chi connectivity index (χ1n) is 8.02. The van der Waals surface area contributed by atoms with Crippen LogP contribution in [0.2, 0.25) is 0 Å². The molecule has 0 radical (unpaired) electrons. The van der Waals surface area contributed by atoms with Crippen LogP contribution in [0.25, 0.3) is 0 Å². The minimum Gasteiger partial charge on any atom is -0.325 e. The molecule has 7 nitrogen and oxygen atoms in total. The zero-order chi connectivity index (χ0) is 17.3. The lowest BCUT2D eigenvalue weighted by Gasteiger charge is -2.30. The number of anilines is 1. The second-order valence-electron chi connectivity index (χ2n) is 6.14. The highest BCUT2D eigenvalue weighted by molar-refractivity contribution is 8.00. The number of thioether (sulfide) groups is 1. The molecule has 0 saturated carbocycles. The lowest BCUT2D eigenvalue weighted by atomic mass is 10.1. The minimum atomic E-state index is -0.278. The van der Waals surface area contributed by atoms with Crippen LogP contribution in [-0.2, 0) is 11.8 Å². The van der Waals surface area contributed by atoms with E-state index in [0.29, 0.717) is 17.5 Å². The molecular formula is C16H21N5O2S. The van der Waals surface area contributed by atoms with Gasteiger partial charge in [-0.3, -0.25) is 19.2 Å². The molecule has 0 aliphatic carbocycles. The number of aromatic nitrogens is 4. The molecule has 0 N–H and O–H groups in total. The summed E-state index contributed by atoms with van der Waals surface area (Å²) < 4.78 is 3.62. The first-order valence-corrected chi connectivity index (χ1v) is 8.90. The predicted molar refractivity (Wildman–Crippen MR) is 93.3 cm³/mol. The van der Waals surface area contributed by atoms with Crippen molar-refractivity contribution < 1.29 is 4.79 Å². The third-order valence-corrected chi connectivity index (χ3v) is 5.21. The van der Waals surface area contributed by atoms with Crippen LogP contribution >= 0.6 is 11.8 Å². The molecule has 2 aromatic heterocycles. The molecule has 3 heterocycles. The number of nitrogens with zero attached hydrogens (tertiary/aromatic N) is 5. The summed E-state index contributed by atoms with van der Waals surface area (Å²) in [6.07, 6.45) is 5.25. The average Bonchev–Trinajstić information content (AvgIpc) is 2.95. The van der Waals surface area contributed by atoms with Gasteiger partial charge in [-0.05, 0) is 26.7 Å². The number of hydrogen-bond donors (Lipinski definition) is 0. The Labute approximate surface area is 144 Å². The molecule has 3 rings (SSSR count). The van der Waals surface area contributed by atoms with Gasteiger partial charge in [0.25, 0.3) is 5.56 Å². The van der Waals surface area contributed by atoms with E-state index >= 15 is 0 Å². The van der Waals surface area contributed by atoms with E-state index in [-0.39, 0.29) is 22.8 Å². The Morgan fingerprint density at radius 2 is 2.04 bits per heavy atom. The van der Waals surface area contributed by atoms with E-state index in [9.17, 15) is 9.59 Å². The number of rotatable bonds is 4. The Kier molecular flexibility index (Phi) is 4.75. The highest BCUT2D eigenvalue weighted by Gasteiger charge is 2.32. The third-order valence-electron chi connectivity index (χ3n) is 3.97. The van der Waals surface area contributed by atoms with Crippen molar-refractivity contribution in [2.75, 3.05) is 11.4 Å². The van der Waals surface area contributed by atoms with E-state index in [2.05, 4.69) is 10.1 Å². The van der Waals surface area contributed by atoms with Gasteiger partial charge in [0.2, 0.25) is 5.91 Å². The van der Waals surface area contributed by atoms with Crippen LogP contribution < -0.4 is 10.5 Å². The summed E-state index contributed by atoms with van der Waals surface area (Å²) in [6.45, 7) is 4.73.